The van der Waals surface area contributed by atoms with E-state index in [-0.39, 0.29) is 17.6 Å². The van der Waals surface area contributed by atoms with E-state index in [1.54, 1.807) is 0 Å². The van der Waals surface area contributed by atoms with Crippen LogP contribution in [-0.2, 0) is 6.18 Å². The second-order valence-electron chi connectivity index (χ2n) is 6.45. The van der Waals surface area contributed by atoms with Crippen LogP contribution in [0.25, 0.3) is 0 Å². The lowest BCUT2D eigenvalue weighted by molar-refractivity contribution is -0.137. The van der Waals surface area contributed by atoms with Gasteiger partial charge < -0.3 is 10.6 Å². The summed E-state index contributed by atoms with van der Waals surface area (Å²) in [7, 11) is 0. The molecule has 142 valence electrons. The fourth-order valence-electron chi connectivity index (χ4n) is 2.41. The highest BCUT2D eigenvalue weighted by Gasteiger charge is 2.34. The summed E-state index contributed by atoms with van der Waals surface area (Å²) in [6.07, 6.45) is -2.46. The molecule has 6 nitrogen and oxygen atoms in total. The summed E-state index contributed by atoms with van der Waals surface area (Å²) >= 11 is 0. The number of amidine groups is 1. The maximum Gasteiger partial charge on any atom is 0.417 e. The van der Waals surface area contributed by atoms with Crippen molar-refractivity contribution in [1.82, 2.24) is 10.3 Å². The van der Waals surface area contributed by atoms with Gasteiger partial charge in [-0.3, -0.25) is 10.7 Å². The third-order valence-corrected chi connectivity index (χ3v) is 4.08. The Hall–Kier alpha value is -2.94. The molecular weight excluding hydrogens is 357 g/mol. The fourth-order valence-corrected chi connectivity index (χ4v) is 2.41. The van der Waals surface area contributed by atoms with Gasteiger partial charge in [-0.25, -0.2) is 4.99 Å². The van der Waals surface area contributed by atoms with Crippen LogP contribution < -0.4 is 16.4 Å². The Morgan fingerprint density at radius 2 is 1.85 bits per heavy atom. The summed E-state index contributed by atoms with van der Waals surface area (Å²) in [6.45, 7) is 3.77. The number of benzene rings is 1. The summed E-state index contributed by atoms with van der Waals surface area (Å²) in [5.41, 5.74) is 6.39. The molecule has 9 heteroatoms. The molecule has 1 unspecified atom stereocenters. The highest BCUT2D eigenvalue weighted by atomic mass is 19.4. The number of halogens is 3. The number of anilines is 1. The lowest BCUT2D eigenvalue weighted by Gasteiger charge is -2.35. The normalized spacial score (nSPS) is 20.0. The van der Waals surface area contributed by atoms with Crippen LogP contribution >= 0.6 is 0 Å². The highest BCUT2D eigenvalue weighted by Crippen LogP contribution is 2.30. The van der Waals surface area contributed by atoms with Gasteiger partial charge in [-0.1, -0.05) is 44.2 Å². The number of pyridine rings is 1. The number of aliphatic imine (C=N–C) groups is 2. The number of nitrogens with two attached hydrogens (primary N) is 1. The first-order chi connectivity index (χ1) is 12.7. The standard InChI is InChI=1S/C18H19F3N6/c1-11(2)18(22)26-15(12-6-4-3-5-7-12)25-16(27-18)24-14-8-13(9-23-10-14)17(19,20)21/h3-11H,22H2,1-2H3,(H2,24,25,26,27). The molecule has 2 heterocycles. The molecule has 0 radical (unpaired) electrons. The molecule has 4 N–H and O–H groups in total. The molecule has 1 aliphatic rings. The molecule has 2 aromatic rings. The van der Waals surface area contributed by atoms with Gasteiger partial charge in [0, 0.05) is 17.7 Å². The van der Waals surface area contributed by atoms with Crippen LogP contribution in [-0.4, -0.2) is 22.6 Å². The van der Waals surface area contributed by atoms with Crippen molar-refractivity contribution >= 4 is 17.5 Å². The molecule has 27 heavy (non-hydrogen) atoms. The summed E-state index contributed by atoms with van der Waals surface area (Å²) in [4.78, 5) is 12.4. The molecule has 0 saturated carbocycles. The molecule has 0 spiro atoms. The number of aromatic nitrogens is 1. The van der Waals surface area contributed by atoms with E-state index in [9.17, 15) is 13.2 Å². The number of nitrogens with one attached hydrogen (secondary N) is 2. The lowest BCUT2D eigenvalue weighted by atomic mass is 10.0. The third-order valence-electron chi connectivity index (χ3n) is 4.08. The van der Waals surface area contributed by atoms with Crippen LogP contribution in [0.5, 0.6) is 0 Å². The van der Waals surface area contributed by atoms with Crippen molar-refractivity contribution in [2.45, 2.75) is 25.8 Å². The Kier molecular flexibility index (Phi) is 4.88. The zero-order valence-corrected chi connectivity index (χ0v) is 14.7. The van der Waals surface area contributed by atoms with Crippen molar-refractivity contribution in [1.29, 1.82) is 0 Å². The van der Waals surface area contributed by atoms with Crippen molar-refractivity contribution in [3.8, 4) is 0 Å². The van der Waals surface area contributed by atoms with E-state index in [0.29, 0.717) is 5.84 Å². The van der Waals surface area contributed by atoms with Gasteiger partial charge in [0.15, 0.2) is 5.79 Å². The minimum atomic E-state index is -4.49. The van der Waals surface area contributed by atoms with E-state index in [0.717, 1.165) is 17.8 Å². The largest absolute Gasteiger partial charge is 0.417 e. The number of guanidine groups is 1. The Labute approximate surface area is 154 Å². The van der Waals surface area contributed by atoms with Crippen LogP contribution in [0.1, 0.15) is 25.0 Å². The van der Waals surface area contributed by atoms with E-state index < -0.39 is 17.5 Å². The number of alkyl halides is 3. The molecule has 1 aliphatic heterocycles. The van der Waals surface area contributed by atoms with Gasteiger partial charge in [0.1, 0.15) is 5.84 Å². The Bertz CT molecular complexity index is 876. The van der Waals surface area contributed by atoms with Crippen LogP contribution in [0.4, 0.5) is 18.9 Å². The molecule has 0 bridgehead atoms. The van der Waals surface area contributed by atoms with E-state index >= 15 is 0 Å². The number of rotatable bonds is 3. The first-order valence-electron chi connectivity index (χ1n) is 8.28. The highest BCUT2D eigenvalue weighted by molar-refractivity contribution is 6.10. The minimum Gasteiger partial charge on any atom is -0.333 e. The van der Waals surface area contributed by atoms with Crippen LogP contribution in [0.3, 0.4) is 0 Å². The third kappa shape index (κ3) is 4.25. The summed E-state index contributed by atoms with van der Waals surface area (Å²) < 4.78 is 38.7. The predicted molar refractivity (Wildman–Crippen MR) is 98.2 cm³/mol. The molecule has 3 rings (SSSR count). The topological polar surface area (TPSA) is 87.7 Å². The zero-order chi connectivity index (χ0) is 19.7. The average Bonchev–Trinajstić information content (AvgIpc) is 2.61. The van der Waals surface area contributed by atoms with Gasteiger partial charge >= 0.3 is 6.18 Å². The summed E-state index contributed by atoms with van der Waals surface area (Å²) in [5.74, 6) is -0.693. The van der Waals surface area contributed by atoms with Gasteiger partial charge in [0.25, 0.3) is 0 Å². The molecule has 1 aromatic heterocycles. The van der Waals surface area contributed by atoms with Crippen molar-refractivity contribution in [2.75, 3.05) is 5.32 Å². The second-order valence-corrected chi connectivity index (χ2v) is 6.45. The lowest BCUT2D eigenvalue weighted by Crippen LogP contribution is -2.61. The average molecular weight is 376 g/mol. The molecule has 1 aromatic carbocycles. The molecule has 0 saturated heterocycles. The zero-order valence-electron chi connectivity index (χ0n) is 14.7. The minimum absolute atomic E-state index is 0.102. The van der Waals surface area contributed by atoms with Crippen LogP contribution in [0, 0.1) is 5.92 Å². The molecule has 0 fully saturated rings. The van der Waals surface area contributed by atoms with Crippen LogP contribution in [0.2, 0.25) is 0 Å². The van der Waals surface area contributed by atoms with Gasteiger partial charge in [0.05, 0.1) is 17.4 Å². The first-order valence-corrected chi connectivity index (χ1v) is 8.28. The Morgan fingerprint density at radius 1 is 1.15 bits per heavy atom. The van der Waals surface area contributed by atoms with Crippen molar-refractivity contribution in [2.24, 2.45) is 21.6 Å². The number of hydrogen-bond donors (Lipinski definition) is 3. The predicted octanol–water partition coefficient (Wildman–Crippen LogP) is 3.19. The molecule has 0 amide bonds. The quantitative estimate of drug-likeness (QED) is 0.768. The fraction of sp³-hybridized carbons (Fsp3) is 0.278. The monoisotopic (exact) mass is 376 g/mol. The SMILES string of the molecule is CC(C)C1(N)N=C(Nc2cncc(C(F)(F)F)c2)N=C(c2ccccc2)N1. The number of hydrogen-bond acceptors (Lipinski definition) is 6. The van der Waals surface area contributed by atoms with Crippen molar-refractivity contribution < 1.29 is 13.2 Å². The Morgan fingerprint density at radius 3 is 2.48 bits per heavy atom. The van der Waals surface area contributed by atoms with Gasteiger partial charge in [0.2, 0.25) is 5.96 Å². The van der Waals surface area contributed by atoms with Gasteiger partial charge in [-0.15, -0.1) is 0 Å². The van der Waals surface area contributed by atoms with E-state index in [4.69, 9.17) is 5.73 Å². The van der Waals surface area contributed by atoms with E-state index in [2.05, 4.69) is 25.6 Å². The van der Waals surface area contributed by atoms with Crippen molar-refractivity contribution in [3.63, 3.8) is 0 Å². The smallest absolute Gasteiger partial charge is 0.333 e. The van der Waals surface area contributed by atoms with E-state index in [1.165, 1.54) is 6.20 Å². The molecule has 0 aliphatic carbocycles. The van der Waals surface area contributed by atoms with Gasteiger partial charge in [-0.2, -0.15) is 18.2 Å². The Balaban J connectivity index is 1.97. The second kappa shape index (κ2) is 6.99. The summed E-state index contributed by atoms with van der Waals surface area (Å²) in [6, 6.07) is 10.2. The van der Waals surface area contributed by atoms with Gasteiger partial charge in [-0.05, 0) is 6.07 Å². The first kappa shape index (κ1) is 18.8. The molecular formula is C18H19F3N6. The number of nitrogens with zero attached hydrogens (tertiary/aromatic N) is 3. The van der Waals surface area contributed by atoms with Crippen molar-refractivity contribution in [3.05, 3.63) is 59.9 Å². The maximum atomic E-state index is 12.9. The summed E-state index contributed by atoms with van der Waals surface area (Å²) in [5, 5.41) is 5.88. The maximum absolute atomic E-state index is 12.9. The molecule has 1 atom stereocenters. The van der Waals surface area contributed by atoms with Crippen LogP contribution in [0.15, 0.2) is 58.8 Å². The van der Waals surface area contributed by atoms with E-state index in [1.807, 2.05) is 44.2 Å².